The molecule has 0 aromatic heterocycles. The van der Waals surface area contributed by atoms with E-state index in [-0.39, 0.29) is 0 Å². The van der Waals surface area contributed by atoms with Crippen LogP contribution in [0.1, 0.15) is 58.3 Å². The Labute approximate surface area is 113 Å². The maximum atomic E-state index is 3.99. The molecule has 1 aliphatic heterocycles. The van der Waals surface area contributed by atoms with Gasteiger partial charge in [-0.2, -0.15) is 0 Å². The van der Waals surface area contributed by atoms with E-state index >= 15 is 0 Å². The molecule has 2 nitrogen and oxygen atoms in total. The molecule has 0 bridgehead atoms. The van der Waals surface area contributed by atoms with Crippen LogP contribution >= 0.6 is 0 Å². The quantitative estimate of drug-likeness (QED) is 0.825. The lowest BCUT2D eigenvalue weighted by atomic mass is 9.82. The number of likely N-dealkylation sites (N-methyl/N-ethyl adjacent to an activating group) is 1. The number of hydrogen-bond acceptors (Lipinski definition) is 2. The second-order valence-electron chi connectivity index (χ2n) is 6.86. The van der Waals surface area contributed by atoms with E-state index in [9.17, 15) is 0 Å². The summed E-state index contributed by atoms with van der Waals surface area (Å²) in [6, 6.07) is 1.62. The van der Waals surface area contributed by atoms with Crippen LogP contribution in [0, 0.1) is 11.8 Å². The highest BCUT2D eigenvalue weighted by molar-refractivity contribution is 4.90. The van der Waals surface area contributed by atoms with E-state index in [0.717, 1.165) is 23.9 Å². The Morgan fingerprint density at radius 3 is 2.56 bits per heavy atom. The summed E-state index contributed by atoms with van der Waals surface area (Å²) >= 11 is 0. The van der Waals surface area contributed by atoms with Crippen molar-refractivity contribution in [2.24, 2.45) is 11.8 Å². The van der Waals surface area contributed by atoms with Crippen LogP contribution in [0.2, 0.25) is 0 Å². The molecule has 2 aliphatic carbocycles. The Balaban J connectivity index is 1.46. The van der Waals surface area contributed by atoms with Crippen molar-refractivity contribution in [3.8, 4) is 0 Å². The molecule has 1 saturated heterocycles. The Bertz CT molecular complexity index is 262. The third-order valence-corrected chi connectivity index (χ3v) is 5.43. The minimum Gasteiger partial charge on any atom is -0.310 e. The maximum absolute atomic E-state index is 3.99. The molecule has 104 valence electrons. The normalized spacial score (nSPS) is 38.8. The molecule has 1 heterocycles. The van der Waals surface area contributed by atoms with Crippen LogP contribution in [0.4, 0.5) is 0 Å². The molecular formula is C16H30N2. The third-order valence-electron chi connectivity index (χ3n) is 5.43. The lowest BCUT2D eigenvalue weighted by molar-refractivity contribution is 0.170. The average molecular weight is 250 g/mol. The molecule has 0 amide bonds. The van der Waals surface area contributed by atoms with Crippen molar-refractivity contribution in [2.45, 2.75) is 70.4 Å². The fourth-order valence-electron chi connectivity index (χ4n) is 4.19. The van der Waals surface area contributed by atoms with Gasteiger partial charge in [-0.25, -0.2) is 0 Å². The van der Waals surface area contributed by atoms with Crippen LogP contribution in [-0.4, -0.2) is 36.6 Å². The number of piperidine rings is 1. The van der Waals surface area contributed by atoms with Crippen LogP contribution < -0.4 is 5.32 Å². The predicted octanol–water partition coefficient (Wildman–Crippen LogP) is 3.03. The molecule has 2 saturated carbocycles. The lowest BCUT2D eigenvalue weighted by Crippen LogP contribution is -2.50. The largest absolute Gasteiger partial charge is 0.310 e. The smallest absolute Gasteiger partial charge is 0.0198 e. The van der Waals surface area contributed by atoms with Gasteiger partial charge in [0.25, 0.3) is 0 Å². The van der Waals surface area contributed by atoms with Gasteiger partial charge >= 0.3 is 0 Å². The van der Waals surface area contributed by atoms with Crippen LogP contribution in [0.15, 0.2) is 0 Å². The van der Waals surface area contributed by atoms with Gasteiger partial charge < -0.3 is 10.2 Å². The standard InChI is InChI=1S/C16H30N2/c1-2-18-10-4-7-16(12-18)17-15-6-3-5-14(11-15)13-8-9-13/h13-17H,2-12H2,1H3. The fourth-order valence-corrected chi connectivity index (χ4v) is 4.19. The summed E-state index contributed by atoms with van der Waals surface area (Å²) in [6.07, 6.45) is 11.8. The monoisotopic (exact) mass is 250 g/mol. The van der Waals surface area contributed by atoms with Crippen LogP contribution in [0.3, 0.4) is 0 Å². The van der Waals surface area contributed by atoms with Gasteiger partial charge in [0.1, 0.15) is 0 Å². The second kappa shape index (κ2) is 5.92. The first-order valence-electron chi connectivity index (χ1n) is 8.33. The van der Waals surface area contributed by atoms with Gasteiger partial charge in [0, 0.05) is 18.6 Å². The molecule has 18 heavy (non-hydrogen) atoms. The van der Waals surface area contributed by atoms with Gasteiger partial charge in [0.2, 0.25) is 0 Å². The van der Waals surface area contributed by atoms with Crippen LogP contribution in [-0.2, 0) is 0 Å². The van der Waals surface area contributed by atoms with Crippen molar-refractivity contribution in [3.63, 3.8) is 0 Å². The first kappa shape index (κ1) is 12.9. The fraction of sp³-hybridized carbons (Fsp3) is 1.00. The van der Waals surface area contributed by atoms with Gasteiger partial charge in [0.05, 0.1) is 0 Å². The van der Waals surface area contributed by atoms with Gasteiger partial charge in [-0.05, 0) is 63.5 Å². The second-order valence-corrected chi connectivity index (χ2v) is 6.86. The van der Waals surface area contributed by atoms with Crippen molar-refractivity contribution < 1.29 is 0 Å². The number of nitrogens with one attached hydrogen (secondary N) is 1. The molecule has 0 aromatic carbocycles. The molecular weight excluding hydrogens is 220 g/mol. The zero-order chi connectivity index (χ0) is 12.4. The first-order valence-corrected chi connectivity index (χ1v) is 8.33. The third kappa shape index (κ3) is 3.27. The molecule has 0 spiro atoms. The summed E-state index contributed by atoms with van der Waals surface area (Å²) in [6.45, 7) is 6.14. The summed E-state index contributed by atoms with van der Waals surface area (Å²) in [5.74, 6) is 2.19. The summed E-state index contributed by atoms with van der Waals surface area (Å²) in [5.41, 5.74) is 0. The lowest BCUT2D eigenvalue weighted by Gasteiger charge is -2.37. The van der Waals surface area contributed by atoms with Crippen molar-refractivity contribution in [1.82, 2.24) is 10.2 Å². The number of hydrogen-bond donors (Lipinski definition) is 1. The number of nitrogens with zero attached hydrogens (tertiary/aromatic N) is 1. The average Bonchev–Trinajstić information content (AvgIpc) is 3.24. The Morgan fingerprint density at radius 1 is 0.944 bits per heavy atom. The number of likely N-dealkylation sites (tertiary alicyclic amines) is 1. The van der Waals surface area contributed by atoms with Crippen molar-refractivity contribution in [2.75, 3.05) is 19.6 Å². The molecule has 3 fully saturated rings. The van der Waals surface area contributed by atoms with Gasteiger partial charge in [0.15, 0.2) is 0 Å². The topological polar surface area (TPSA) is 15.3 Å². The van der Waals surface area contributed by atoms with Gasteiger partial charge in [-0.1, -0.05) is 19.8 Å². The van der Waals surface area contributed by atoms with E-state index in [4.69, 9.17) is 0 Å². The molecule has 3 aliphatic rings. The van der Waals surface area contributed by atoms with E-state index in [1.807, 2.05) is 0 Å². The zero-order valence-corrected chi connectivity index (χ0v) is 12.0. The Morgan fingerprint density at radius 2 is 1.78 bits per heavy atom. The number of rotatable bonds is 4. The zero-order valence-electron chi connectivity index (χ0n) is 12.0. The Kier molecular flexibility index (Phi) is 4.25. The Hall–Kier alpha value is -0.0800. The molecule has 0 aromatic rings. The van der Waals surface area contributed by atoms with Crippen molar-refractivity contribution in [3.05, 3.63) is 0 Å². The first-order chi connectivity index (χ1) is 8.85. The van der Waals surface area contributed by atoms with E-state index < -0.39 is 0 Å². The predicted molar refractivity (Wildman–Crippen MR) is 76.7 cm³/mol. The highest BCUT2D eigenvalue weighted by Gasteiger charge is 2.35. The summed E-state index contributed by atoms with van der Waals surface area (Å²) in [7, 11) is 0. The molecule has 1 N–H and O–H groups in total. The summed E-state index contributed by atoms with van der Waals surface area (Å²) < 4.78 is 0. The molecule has 0 radical (unpaired) electrons. The van der Waals surface area contributed by atoms with Crippen molar-refractivity contribution in [1.29, 1.82) is 0 Å². The maximum Gasteiger partial charge on any atom is 0.0198 e. The minimum absolute atomic E-state index is 0.779. The molecule has 3 unspecified atom stereocenters. The SMILES string of the molecule is CCN1CCCC(NC2CCCC(C3CC3)C2)C1. The van der Waals surface area contributed by atoms with Gasteiger partial charge in [-0.15, -0.1) is 0 Å². The molecule has 3 atom stereocenters. The van der Waals surface area contributed by atoms with Crippen LogP contribution in [0.5, 0.6) is 0 Å². The van der Waals surface area contributed by atoms with E-state index in [0.29, 0.717) is 0 Å². The summed E-state index contributed by atoms with van der Waals surface area (Å²) in [4.78, 5) is 2.61. The van der Waals surface area contributed by atoms with Gasteiger partial charge in [-0.3, -0.25) is 0 Å². The van der Waals surface area contributed by atoms with E-state index in [1.165, 1.54) is 71.0 Å². The highest BCUT2D eigenvalue weighted by atomic mass is 15.2. The van der Waals surface area contributed by atoms with E-state index in [2.05, 4.69) is 17.1 Å². The van der Waals surface area contributed by atoms with E-state index in [1.54, 1.807) is 0 Å². The molecule has 2 heteroatoms. The molecule has 3 rings (SSSR count). The highest BCUT2D eigenvalue weighted by Crippen LogP contribution is 2.43. The summed E-state index contributed by atoms with van der Waals surface area (Å²) in [5, 5.41) is 3.99. The van der Waals surface area contributed by atoms with Crippen molar-refractivity contribution >= 4 is 0 Å². The minimum atomic E-state index is 0.779. The van der Waals surface area contributed by atoms with Crippen LogP contribution in [0.25, 0.3) is 0 Å².